The molecule has 7 atom stereocenters. The Kier molecular flexibility index (Phi) is 18.8. The molecule has 2 fully saturated rings. The fourth-order valence-corrected chi connectivity index (χ4v) is 10.4. The topological polar surface area (TPSA) is 143 Å². The van der Waals surface area contributed by atoms with E-state index in [0.717, 1.165) is 47.7 Å². The van der Waals surface area contributed by atoms with Gasteiger partial charge in [-0.15, -0.1) is 33.9 Å². The first-order valence-electron chi connectivity index (χ1n) is 24.3. The largest absolute Gasteiger partial charge is 2.00 e. The van der Waals surface area contributed by atoms with Crippen LogP contribution < -0.4 is 20.7 Å². The maximum Gasteiger partial charge on any atom is 2.00 e. The molecule has 4 aliphatic rings. The maximum atomic E-state index is 14.4. The van der Waals surface area contributed by atoms with E-state index in [2.05, 4.69) is 48.1 Å². The van der Waals surface area contributed by atoms with Crippen molar-refractivity contribution in [2.45, 2.75) is 151 Å². The van der Waals surface area contributed by atoms with E-state index in [4.69, 9.17) is 30.1 Å². The number of fused-ring (bicyclic) bond motifs is 7. The molecule has 5 heterocycles. The third-order valence-corrected chi connectivity index (χ3v) is 14.5. The van der Waals surface area contributed by atoms with Crippen LogP contribution in [0.5, 0.6) is 0 Å². The summed E-state index contributed by atoms with van der Waals surface area (Å²) in [5, 5.41) is 11.8. The third kappa shape index (κ3) is 11.7. The van der Waals surface area contributed by atoms with Gasteiger partial charge in [-0.3, -0.25) is 19.2 Å². The average Bonchev–Trinajstić information content (AvgIpc) is 4.02. The Morgan fingerprint density at radius 2 is 1.58 bits per heavy atom. The molecule has 66 heavy (non-hydrogen) atoms. The summed E-state index contributed by atoms with van der Waals surface area (Å²) in [5.41, 5.74) is 8.02. The Morgan fingerprint density at radius 3 is 2.21 bits per heavy atom. The number of allylic oxidation sites excluding steroid dienone is 3. The van der Waals surface area contributed by atoms with E-state index >= 15 is 0 Å². The summed E-state index contributed by atoms with van der Waals surface area (Å²) < 4.78 is 11.0. The molecule has 1 saturated heterocycles. The number of aldehydes is 1. The van der Waals surface area contributed by atoms with Gasteiger partial charge in [0.05, 0.1) is 7.11 Å². The fraction of sp³-hybridized carbons (Fsp3) is 0.564. The Bertz CT molecular complexity index is 2390. The van der Waals surface area contributed by atoms with Gasteiger partial charge in [-0.2, -0.15) is 5.70 Å². The van der Waals surface area contributed by atoms with Crippen LogP contribution in [-0.2, 0) is 30.3 Å². The van der Waals surface area contributed by atoms with Gasteiger partial charge in [0, 0.05) is 12.0 Å². The first-order chi connectivity index (χ1) is 31.1. The second-order valence-corrected chi connectivity index (χ2v) is 19.7. The number of aromatic nitrogens is 2. The van der Waals surface area contributed by atoms with Crippen LogP contribution >= 0.6 is 0 Å². The van der Waals surface area contributed by atoms with Crippen molar-refractivity contribution in [3.63, 3.8) is 0 Å². The summed E-state index contributed by atoms with van der Waals surface area (Å²) in [6.45, 7) is 23.7. The minimum Gasteiger partial charge on any atom is -0.682 e. The molecular weight excluding hydrogens is 837 g/mol. The Morgan fingerprint density at radius 1 is 0.894 bits per heavy atom. The summed E-state index contributed by atoms with van der Waals surface area (Å²) >= 11 is 0. The second-order valence-electron chi connectivity index (χ2n) is 19.7. The molecule has 8 bridgehead atoms. The predicted molar refractivity (Wildman–Crippen MR) is 266 cm³/mol. The van der Waals surface area contributed by atoms with Crippen molar-refractivity contribution >= 4 is 71.4 Å². The number of ether oxygens (including phenoxy) is 2. The van der Waals surface area contributed by atoms with Crippen LogP contribution in [0.25, 0.3) is 34.9 Å². The van der Waals surface area contributed by atoms with Crippen molar-refractivity contribution in [2.24, 2.45) is 35.5 Å². The summed E-state index contributed by atoms with van der Waals surface area (Å²) in [6, 6.07) is -1.16. The van der Waals surface area contributed by atoms with Crippen LogP contribution in [0.2, 0.25) is 0 Å². The molecule has 6 rings (SSSR count). The number of carbonyl (C=O) groups is 4. The molecule has 1 aliphatic carbocycles. The minimum absolute atomic E-state index is 0. The molecule has 1 saturated carbocycles. The van der Waals surface area contributed by atoms with Crippen molar-refractivity contribution in [3.8, 4) is 0 Å². The van der Waals surface area contributed by atoms with E-state index in [1.807, 2.05) is 45.1 Å². The summed E-state index contributed by atoms with van der Waals surface area (Å²) in [6.07, 6.45) is 22.6. The second kappa shape index (κ2) is 23.6. The summed E-state index contributed by atoms with van der Waals surface area (Å²) in [4.78, 5) is 63.9. The molecule has 0 amide bonds. The normalized spacial score (nSPS) is 24.8. The zero-order valence-electron chi connectivity index (χ0n) is 41.4. The van der Waals surface area contributed by atoms with E-state index in [9.17, 15) is 19.2 Å². The van der Waals surface area contributed by atoms with Crippen molar-refractivity contribution in [2.75, 3.05) is 13.7 Å². The number of ketones is 1. The number of Topliss-reactive ketones (excluding diaryl/α,β-unsaturated/α-hetero) is 1. The summed E-state index contributed by atoms with van der Waals surface area (Å²) in [5.74, 6) is -0.679. The molecule has 0 spiro atoms. The van der Waals surface area contributed by atoms with Crippen LogP contribution in [0.4, 0.5) is 0 Å². The van der Waals surface area contributed by atoms with E-state index in [1.165, 1.54) is 57.6 Å². The maximum absolute atomic E-state index is 14.4. The molecule has 10 nitrogen and oxygen atoms in total. The van der Waals surface area contributed by atoms with Crippen LogP contribution in [0.15, 0.2) is 46.3 Å². The minimum atomic E-state index is -1.22. The molecule has 11 heteroatoms. The first-order valence-corrected chi connectivity index (χ1v) is 24.3. The number of hydrogen-bond donors (Lipinski definition) is 0. The van der Waals surface area contributed by atoms with Gasteiger partial charge in [0.25, 0.3) is 0 Å². The third-order valence-electron chi connectivity index (χ3n) is 14.5. The zero-order chi connectivity index (χ0) is 47.1. The Labute approximate surface area is 409 Å². The van der Waals surface area contributed by atoms with Crippen molar-refractivity contribution < 1.29 is 28.7 Å². The number of hydrogen-bond acceptors (Lipinski definition) is 6. The number of nitrogens with zero attached hydrogens (tertiary/aromatic N) is 4. The smallest absolute Gasteiger partial charge is 0.682 e. The molecular formula is C55H72MgN4O6-2. The zero-order valence-corrected chi connectivity index (χ0v) is 42.8. The van der Waals surface area contributed by atoms with Crippen molar-refractivity contribution in [3.05, 3.63) is 101 Å². The van der Waals surface area contributed by atoms with Crippen molar-refractivity contribution in [1.82, 2.24) is 9.97 Å². The molecule has 352 valence electrons. The van der Waals surface area contributed by atoms with Crippen LogP contribution in [0.3, 0.4) is 0 Å². The Hall–Kier alpha value is -4.35. The Balaban J connectivity index is 0.00000817. The molecule has 3 aliphatic heterocycles. The molecule has 0 aromatic carbocycles. The van der Waals surface area contributed by atoms with Crippen molar-refractivity contribution in [1.29, 1.82) is 0 Å². The van der Waals surface area contributed by atoms with Gasteiger partial charge in [-0.1, -0.05) is 151 Å². The van der Waals surface area contributed by atoms with Crippen LogP contribution in [-0.4, -0.2) is 72.9 Å². The van der Waals surface area contributed by atoms with Gasteiger partial charge in [-0.25, -0.2) is 0 Å². The number of methoxy groups -OCH3 is 1. The monoisotopic (exact) mass is 909 g/mol. The molecule has 0 N–H and O–H groups in total. The first kappa shape index (κ1) is 52.6. The quantitative estimate of drug-likeness (QED) is 0.0396. The van der Waals surface area contributed by atoms with Gasteiger partial charge in [-0.05, 0) is 93.3 Å². The van der Waals surface area contributed by atoms with Gasteiger partial charge in [0.2, 0.25) is 0 Å². The van der Waals surface area contributed by atoms with Crippen LogP contribution in [0.1, 0.15) is 164 Å². The van der Waals surface area contributed by atoms with Gasteiger partial charge in [0.1, 0.15) is 18.8 Å². The number of esters is 2. The van der Waals surface area contributed by atoms with Crippen LogP contribution in [0, 0.1) is 42.4 Å². The van der Waals surface area contributed by atoms with Gasteiger partial charge >= 0.3 is 35.0 Å². The SMILES string of the molecule is C=Cc1c(C)/c2[n-]/c1=C/c1[n-]c(c(CC)c1C=O)/C=C1\[N-][C@@H]3C(=C1C)C(=O)[C@H](C(=O)OC)/C3=C1/[N-]C(\C=2)[C@@H](C)[C@@H]1CCC(=O)OC/C=C(\C)CCC[C@H](C)CCC[C@H](C)CCCC(C)C.[Mg+2]. The van der Waals surface area contributed by atoms with E-state index < -0.39 is 24.0 Å². The molecule has 2 aromatic rings. The molecule has 2 aromatic heterocycles. The molecule has 0 radical (unpaired) electrons. The predicted octanol–water partition coefficient (Wildman–Crippen LogP) is 9.93. The average molecular weight is 910 g/mol. The van der Waals surface area contributed by atoms with Gasteiger partial charge in [0.15, 0.2) is 5.78 Å². The molecule has 1 unspecified atom stereocenters. The number of rotatable bonds is 21. The fourth-order valence-electron chi connectivity index (χ4n) is 10.4. The summed E-state index contributed by atoms with van der Waals surface area (Å²) in [7, 11) is 1.28. The van der Waals surface area contributed by atoms with Gasteiger partial charge < -0.3 is 30.1 Å². The standard InChI is InChI=1S/C55H73N4O6.Mg/c1-12-38-35(8)42-27-43-36(9)40(23-24-48(61)65-26-25-34(7)22-16-21-33(6)20-15-19-32(5)18-14-17-31(3)4)52(58-43)50-51(55(63)64-11)54(62)49-37(10)44(59-53(49)50)28-46-39(13-2)41(30-60)47(57-46)29-45(38)56-42;/h12,25,27-33,36,40,43,51,53H,1,13-24,26H2,2-11H3,(H-,56,57,60,62);/q-3;+2/p-1/b34-25+,42-27-,52-50-;/t32-,33-,36+,40+,43?,51-,53-;/m1./s1. The van der Waals surface area contributed by atoms with E-state index in [1.54, 1.807) is 6.08 Å². The van der Waals surface area contributed by atoms with E-state index in [0.29, 0.717) is 74.5 Å². The number of carbonyl (C=O) groups excluding carboxylic acids is 4. The van der Waals surface area contributed by atoms with E-state index in [-0.39, 0.29) is 59.7 Å².